The van der Waals surface area contributed by atoms with Crippen molar-refractivity contribution in [1.29, 1.82) is 0 Å². The van der Waals surface area contributed by atoms with E-state index < -0.39 is 10.0 Å². The maximum Gasteiger partial charge on any atom is 0.263 e. The first-order valence-electron chi connectivity index (χ1n) is 4.73. The van der Waals surface area contributed by atoms with Crippen molar-refractivity contribution < 1.29 is 8.42 Å². The lowest BCUT2D eigenvalue weighted by Gasteiger charge is -2.06. The lowest BCUT2D eigenvalue weighted by atomic mass is 10.4. The second-order valence-electron chi connectivity index (χ2n) is 3.29. The summed E-state index contributed by atoms with van der Waals surface area (Å²) in [7, 11) is -3.73. The van der Waals surface area contributed by atoms with E-state index in [2.05, 4.69) is 14.7 Å². The van der Waals surface area contributed by atoms with Gasteiger partial charge in [-0.2, -0.15) is 0 Å². The lowest BCUT2D eigenvalue weighted by Crippen LogP contribution is -2.14. The number of sulfonamides is 1. The third-order valence-electron chi connectivity index (χ3n) is 1.97. The largest absolute Gasteiger partial charge is 0.263 e. The predicted molar refractivity (Wildman–Crippen MR) is 69.3 cm³/mol. The molecule has 1 aromatic carbocycles. The minimum Gasteiger partial charge on any atom is -0.262 e. The zero-order valence-electron chi connectivity index (χ0n) is 8.84. The third-order valence-corrected chi connectivity index (χ3v) is 3.75. The molecular weight excluding hydrogens is 297 g/mol. The number of halogens is 2. The summed E-state index contributed by atoms with van der Waals surface area (Å²) in [6, 6.07) is 5.90. The van der Waals surface area contributed by atoms with Gasteiger partial charge in [0.2, 0.25) is 0 Å². The van der Waals surface area contributed by atoms with Crippen molar-refractivity contribution >= 4 is 39.0 Å². The molecule has 1 heterocycles. The molecule has 5 nitrogen and oxygen atoms in total. The van der Waals surface area contributed by atoms with Gasteiger partial charge in [-0.1, -0.05) is 29.3 Å². The molecule has 0 aliphatic heterocycles. The van der Waals surface area contributed by atoms with Crippen LogP contribution in [0.1, 0.15) is 0 Å². The van der Waals surface area contributed by atoms with E-state index in [4.69, 9.17) is 23.2 Å². The average molecular weight is 304 g/mol. The van der Waals surface area contributed by atoms with Crippen LogP contribution in [0.4, 0.5) is 5.82 Å². The number of nitrogens with one attached hydrogen (secondary N) is 1. The molecule has 0 fully saturated rings. The summed E-state index contributed by atoms with van der Waals surface area (Å²) in [5.41, 5.74) is 0. The number of benzene rings is 1. The number of anilines is 1. The van der Waals surface area contributed by atoms with E-state index in [-0.39, 0.29) is 15.9 Å². The fourth-order valence-corrected chi connectivity index (χ4v) is 2.59. The molecule has 2 aromatic rings. The Balaban J connectivity index is 2.30. The van der Waals surface area contributed by atoms with Gasteiger partial charge < -0.3 is 0 Å². The summed E-state index contributed by atoms with van der Waals surface area (Å²) in [5, 5.41) is 0.515. The Hall–Kier alpha value is -1.37. The first-order valence-corrected chi connectivity index (χ1v) is 6.97. The van der Waals surface area contributed by atoms with Crippen molar-refractivity contribution in [2.45, 2.75) is 4.90 Å². The Kier molecular flexibility index (Phi) is 3.70. The molecule has 0 radical (unpaired) electrons. The molecule has 0 aliphatic rings. The number of rotatable bonds is 3. The van der Waals surface area contributed by atoms with Crippen molar-refractivity contribution in [2.75, 3.05) is 4.72 Å². The van der Waals surface area contributed by atoms with Gasteiger partial charge in [0.15, 0.2) is 5.82 Å². The number of nitrogens with zero attached hydrogens (tertiary/aromatic N) is 2. The van der Waals surface area contributed by atoms with Gasteiger partial charge in [-0.15, -0.1) is 0 Å². The van der Waals surface area contributed by atoms with Gasteiger partial charge in [0, 0.05) is 5.02 Å². The van der Waals surface area contributed by atoms with E-state index in [0.717, 1.165) is 0 Å². The molecule has 0 saturated heterocycles. The van der Waals surface area contributed by atoms with E-state index in [0.29, 0.717) is 5.02 Å². The van der Waals surface area contributed by atoms with Crippen LogP contribution < -0.4 is 4.72 Å². The van der Waals surface area contributed by atoms with E-state index >= 15 is 0 Å². The summed E-state index contributed by atoms with van der Waals surface area (Å²) in [5.74, 6) is 0.0828. The molecule has 8 heteroatoms. The maximum absolute atomic E-state index is 12.0. The predicted octanol–water partition coefficient (Wildman–Crippen LogP) is 2.58. The van der Waals surface area contributed by atoms with Crippen LogP contribution in [0, 0.1) is 0 Å². The Morgan fingerprint density at radius 1 is 1.11 bits per heavy atom. The van der Waals surface area contributed by atoms with E-state index in [1.165, 1.54) is 24.5 Å². The summed E-state index contributed by atoms with van der Waals surface area (Å²) in [6.45, 7) is 0. The summed E-state index contributed by atoms with van der Waals surface area (Å²) in [6.07, 6.45) is 2.47. The highest BCUT2D eigenvalue weighted by molar-refractivity contribution is 7.92. The van der Waals surface area contributed by atoms with Gasteiger partial charge in [-0.25, -0.2) is 18.4 Å². The van der Waals surface area contributed by atoms with Crippen molar-refractivity contribution in [2.24, 2.45) is 0 Å². The van der Waals surface area contributed by atoms with Gasteiger partial charge in [0.1, 0.15) is 5.15 Å². The standard InChI is InChI=1S/C10H7Cl2N3O2S/c11-7-2-1-3-8(4-7)18(16,17)15-10-6-13-9(12)5-14-10/h1-6H,(H,14,15). The smallest absolute Gasteiger partial charge is 0.262 e. The number of hydrogen-bond acceptors (Lipinski definition) is 4. The number of aromatic nitrogens is 2. The zero-order chi connectivity index (χ0) is 13.2. The second-order valence-corrected chi connectivity index (χ2v) is 5.79. The van der Waals surface area contributed by atoms with E-state index in [1.807, 2.05) is 0 Å². The van der Waals surface area contributed by atoms with Crippen LogP contribution in [-0.2, 0) is 10.0 Å². The molecule has 0 aliphatic carbocycles. The third kappa shape index (κ3) is 3.10. The van der Waals surface area contributed by atoms with Crippen LogP contribution in [0.2, 0.25) is 10.2 Å². The zero-order valence-corrected chi connectivity index (χ0v) is 11.2. The molecule has 0 saturated carbocycles. The summed E-state index contributed by atoms with van der Waals surface area (Å²) in [4.78, 5) is 7.57. The molecule has 0 spiro atoms. The molecule has 0 amide bonds. The Morgan fingerprint density at radius 3 is 2.50 bits per heavy atom. The molecule has 18 heavy (non-hydrogen) atoms. The molecular formula is C10H7Cl2N3O2S. The van der Waals surface area contributed by atoms with Crippen molar-refractivity contribution in [3.8, 4) is 0 Å². The monoisotopic (exact) mass is 303 g/mol. The highest BCUT2D eigenvalue weighted by Crippen LogP contribution is 2.18. The molecule has 0 atom stereocenters. The summed E-state index contributed by atoms with van der Waals surface area (Å²) >= 11 is 11.3. The summed E-state index contributed by atoms with van der Waals surface area (Å²) < 4.78 is 26.2. The fraction of sp³-hybridized carbons (Fsp3) is 0. The number of hydrogen-bond donors (Lipinski definition) is 1. The van der Waals surface area contributed by atoms with Gasteiger partial charge in [0.05, 0.1) is 17.3 Å². The van der Waals surface area contributed by atoms with Crippen LogP contribution in [0.15, 0.2) is 41.6 Å². The van der Waals surface area contributed by atoms with Crippen LogP contribution in [-0.4, -0.2) is 18.4 Å². The molecule has 0 unspecified atom stereocenters. The first-order chi connectivity index (χ1) is 8.47. The van der Waals surface area contributed by atoms with E-state index in [9.17, 15) is 8.42 Å². The van der Waals surface area contributed by atoms with Gasteiger partial charge in [0.25, 0.3) is 10.0 Å². The van der Waals surface area contributed by atoms with Gasteiger partial charge >= 0.3 is 0 Å². The molecule has 94 valence electrons. The Bertz CT molecular complexity index is 659. The Morgan fingerprint density at radius 2 is 1.89 bits per heavy atom. The minimum atomic E-state index is -3.73. The van der Waals surface area contributed by atoms with Crippen molar-refractivity contribution in [3.63, 3.8) is 0 Å². The normalized spacial score (nSPS) is 11.2. The van der Waals surface area contributed by atoms with Crippen LogP contribution >= 0.6 is 23.2 Å². The maximum atomic E-state index is 12.0. The quantitative estimate of drug-likeness (QED) is 0.946. The second kappa shape index (κ2) is 5.09. The van der Waals surface area contributed by atoms with E-state index in [1.54, 1.807) is 12.1 Å². The first kappa shape index (κ1) is 13.1. The van der Waals surface area contributed by atoms with Crippen molar-refractivity contribution in [1.82, 2.24) is 9.97 Å². The van der Waals surface area contributed by atoms with Crippen LogP contribution in [0.5, 0.6) is 0 Å². The molecule has 2 rings (SSSR count). The SMILES string of the molecule is O=S(=O)(Nc1cnc(Cl)cn1)c1cccc(Cl)c1. The average Bonchev–Trinajstić information content (AvgIpc) is 2.32. The fourth-order valence-electron chi connectivity index (χ4n) is 1.20. The van der Waals surface area contributed by atoms with Gasteiger partial charge in [-0.05, 0) is 18.2 Å². The van der Waals surface area contributed by atoms with Gasteiger partial charge in [-0.3, -0.25) is 4.72 Å². The highest BCUT2D eigenvalue weighted by atomic mass is 35.5. The minimum absolute atomic E-state index is 0.0479. The topological polar surface area (TPSA) is 72.0 Å². The highest BCUT2D eigenvalue weighted by Gasteiger charge is 2.15. The van der Waals surface area contributed by atoms with Crippen LogP contribution in [0.3, 0.4) is 0 Å². The Labute approximate surface area is 114 Å². The molecule has 1 N–H and O–H groups in total. The molecule has 1 aromatic heterocycles. The van der Waals surface area contributed by atoms with Crippen molar-refractivity contribution in [3.05, 3.63) is 46.8 Å². The van der Waals surface area contributed by atoms with Crippen LogP contribution in [0.25, 0.3) is 0 Å². The molecule has 0 bridgehead atoms. The lowest BCUT2D eigenvalue weighted by molar-refractivity contribution is 0.601.